The second-order valence-corrected chi connectivity index (χ2v) is 3.10. The number of hydrogen-bond acceptors (Lipinski definition) is 2. The highest BCUT2D eigenvalue weighted by molar-refractivity contribution is 5.89. The summed E-state index contributed by atoms with van der Waals surface area (Å²) in [6.45, 7) is 2.96. The minimum absolute atomic E-state index is 0.487. The predicted octanol–water partition coefficient (Wildman–Crippen LogP) is 0.175. The number of carbonyl (C=O) groups is 2. The van der Waals surface area contributed by atoms with E-state index in [2.05, 4.69) is 0 Å². The second-order valence-electron chi connectivity index (χ2n) is 3.10. The quantitative estimate of drug-likeness (QED) is 0.700. The first-order valence-corrected chi connectivity index (χ1v) is 3.83. The van der Waals surface area contributed by atoms with Crippen molar-refractivity contribution in [2.45, 2.75) is 26.1 Å². The Hall–Kier alpha value is -1.27. The average molecular weight is 212 g/mol. The topological polar surface area (TPSA) is 72.2 Å². The number of carbonyl (C=O) groups excluding carboxylic acids is 2. The third-order valence-corrected chi connectivity index (χ3v) is 1.52. The molecule has 0 rings (SSSR count). The van der Waals surface area contributed by atoms with Gasteiger partial charge < -0.3 is 11.1 Å². The molecular formula is C7H11F3N2O2. The molecule has 7 heteroatoms. The molecule has 0 radical (unpaired) electrons. The van der Waals surface area contributed by atoms with Crippen molar-refractivity contribution in [3.63, 3.8) is 0 Å². The third-order valence-electron chi connectivity index (χ3n) is 1.52. The number of nitrogens with two attached hydrogens (primary N) is 1. The Labute approximate surface area is 78.6 Å². The van der Waals surface area contributed by atoms with Crippen molar-refractivity contribution >= 4 is 11.8 Å². The molecule has 0 bridgehead atoms. The first kappa shape index (κ1) is 12.7. The van der Waals surface area contributed by atoms with Gasteiger partial charge in [-0.2, -0.15) is 13.2 Å². The molecule has 4 nitrogen and oxygen atoms in total. The van der Waals surface area contributed by atoms with Crippen molar-refractivity contribution in [3.05, 3.63) is 0 Å². The number of nitrogens with one attached hydrogen (secondary N) is 1. The molecule has 0 fully saturated rings. The van der Waals surface area contributed by atoms with Gasteiger partial charge >= 0.3 is 12.1 Å². The molecule has 0 aliphatic carbocycles. The summed E-state index contributed by atoms with van der Waals surface area (Å²) >= 11 is 0. The lowest BCUT2D eigenvalue weighted by molar-refractivity contribution is -0.175. The van der Waals surface area contributed by atoms with Gasteiger partial charge in [-0.05, 0) is 5.92 Å². The van der Waals surface area contributed by atoms with Gasteiger partial charge in [-0.15, -0.1) is 0 Å². The van der Waals surface area contributed by atoms with Crippen LogP contribution in [-0.4, -0.2) is 24.0 Å². The van der Waals surface area contributed by atoms with Gasteiger partial charge in [-0.3, -0.25) is 9.59 Å². The Morgan fingerprint density at radius 3 is 1.93 bits per heavy atom. The van der Waals surface area contributed by atoms with Crippen LogP contribution in [0, 0.1) is 5.92 Å². The summed E-state index contributed by atoms with van der Waals surface area (Å²) < 4.78 is 35.3. The summed E-state index contributed by atoms with van der Waals surface area (Å²) in [6.07, 6.45) is -5.00. The molecular weight excluding hydrogens is 201 g/mol. The third kappa shape index (κ3) is 3.63. The number of hydrogen-bond donors (Lipinski definition) is 2. The molecule has 0 aromatic carbocycles. The largest absolute Gasteiger partial charge is 0.471 e. The van der Waals surface area contributed by atoms with Crippen LogP contribution in [0.2, 0.25) is 0 Å². The number of alkyl halides is 3. The Morgan fingerprint density at radius 2 is 1.71 bits per heavy atom. The molecule has 0 aromatic rings. The van der Waals surface area contributed by atoms with E-state index in [1.807, 2.05) is 0 Å². The molecule has 1 atom stereocenters. The van der Waals surface area contributed by atoms with Gasteiger partial charge in [0.2, 0.25) is 5.91 Å². The highest BCUT2D eigenvalue weighted by Gasteiger charge is 2.40. The lowest BCUT2D eigenvalue weighted by Gasteiger charge is -2.19. The fourth-order valence-corrected chi connectivity index (χ4v) is 0.789. The minimum atomic E-state index is -5.00. The van der Waals surface area contributed by atoms with E-state index in [0.29, 0.717) is 0 Å². The summed E-state index contributed by atoms with van der Waals surface area (Å²) in [4.78, 5) is 21.1. The second kappa shape index (κ2) is 4.30. The van der Waals surface area contributed by atoms with E-state index in [-0.39, 0.29) is 0 Å². The van der Waals surface area contributed by atoms with E-state index in [0.717, 1.165) is 0 Å². The Kier molecular flexibility index (Phi) is 3.91. The van der Waals surface area contributed by atoms with Crippen LogP contribution in [0.15, 0.2) is 0 Å². The number of primary amides is 1. The predicted molar refractivity (Wildman–Crippen MR) is 42.0 cm³/mol. The van der Waals surface area contributed by atoms with Gasteiger partial charge in [-0.1, -0.05) is 13.8 Å². The lowest BCUT2D eigenvalue weighted by Crippen LogP contribution is -2.51. The van der Waals surface area contributed by atoms with Crippen molar-refractivity contribution in [3.8, 4) is 0 Å². The highest BCUT2D eigenvalue weighted by atomic mass is 19.4. The maximum Gasteiger partial charge on any atom is 0.471 e. The standard InChI is InChI=1S/C7H11F3N2O2/c1-3(2)4(5(11)13)12-6(14)7(8,9)10/h3-4H,1-2H3,(H2,11,13)(H,12,14). The number of rotatable bonds is 3. The fourth-order valence-electron chi connectivity index (χ4n) is 0.789. The highest BCUT2D eigenvalue weighted by Crippen LogP contribution is 2.15. The zero-order valence-corrected chi connectivity index (χ0v) is 7.68. The Bertz CT molecular complexity index is 238. The van der Waals surface area contributed by atoms with Crippen LogP contribution in [-0.2, 0) is 9.59 Å². The smallest absolute Gasteiger partial charge is 0.368 e. The molecule has 0 aromatic heterocycles. The van der Waals surface area contributed by atoms with Crippen molar-refractivity contribution < 1.29 is 22.8 Å². The van der Waals surface area contributed by atoms with Crippen LogP contribution >= 0.6 is 0 Å². The fraction of sp³-hybridized carbons (Fsp3) is 0.714. The van der Waals surface area contributed by atoms with Gasteiger partial charge in [-0.25, -0.2) is 0 Å². The van der Waals surface area contributed by atoms with Crippen molar-refractivity contribution in [2.75, 3.05) is 0 Å². The summed E-state index contributed by atoms with van der Waals surface area (Å²) in [5, 5.41) is 1.52. The van der Waals surface area contributed by atoms with Gasteiger partial charge in [0.25, 0.3) is 0 Å². The molecule has 0 heterocycles. The first-order valence-electron chi connectivity index (χ1n) is 3.83. The number of halogens is 3. The van der Waals surface area contributed by atoms with E-state index >= 15 is 0 Å². The summed E-state index contributed by atoms with van der Waals surface area (Å²) in [7, 11) is 0. The first-order chi connectivity index (χ1) is 6.16. The Morgan fingerprint density at radius 1 is 1.29 bits per heavy atom. The summed E-state index contributed by atoms with van der Waals surface area (Å²) in [5.74, 6) is -3.63. The van der Waals surface area contributed by atoms with Crippen LogP contribution < -0.4 is 11.1 Å². The molecule has 0 aliphatic rings. The van der Waals surface area contributed by atoms with E-state index < -0.39 is 30.0 Å². The van der Waals surface area contributed by atoms with E-state index in [9.17, 15) is 22.8 Å². The monoisotopic (exact) mass is 212 g/mol. The molecule has 3 N–H and O–H groups in total. The molecule has 0 spiro atoms. The SMILES string of the molecule is CC(C)C(NC(=O)C(F)(F)F)C(N)=O. The molecule has 82 valence electrons. The zero-order valence-electron chi connectivity index (χ0n) is 7.68. The molecule has 1 unspecified atom stereocenters. The zero-order chi connectivity index (χ0) is 11.5. The van der Waals surface area contributed by atoms with Gasteiger partial charge in [0.05, 0.1) is 0 Å². The summed E-state index contributed by atoms with van der Waals surface area (Å²) in [6, 6.07) is -1.30. The average Bonchev–Trinajstić information content (AvgIpc) is 1.96. The van der Waals surface area contributed by atoms with E-state index in [1.165, 1.54) is 19.2 Å². The van der Waals surface area contributed by atoms with Crippen LogP contribution in [0.25, 0.3) is 0 Å². The minimum Gasteiger partial charge on any atom is -0.368 e. The molecule has 14 heavy (non-hydrogen) atoms. The van der Waals surface area contributed by atoms with Gasteiger partial charge in [0.1, 0.15) is 6.04 Å². The maximum atomic E-state index is 11.8. The summed E-state index contributed by atoms with van der Waals surface area (Å²) in [5.41, 5.74) is 4.81. The molecule has 0 saturated carbocycles. The van der Waals surface area contributed by atoms with Crippen molar-refractivity contribution in [2.24, 2.45) is 11.7 Å². The van der Waals surface area contributed by atoms with Crippen molar-refractivity contribution in [1.82, 2.24) is 5.32 Å². The normalized spacial score (nSPS) is 13.9. The molecule has 0 aliphatic heterocycles. The maximum absolute atomic E-state index is 11.8. The molecule has 2 amide bonds. The van der Waals surface area contributed by atoms with E-state index in [1.54, 1.807) is 0 Å². The van der Waals surface area contributed by atoms with Gasteiger partial charge in [0.15, 0.2) is 0 Å². The van der Waals surface area contributed by atoms with Crippen LogP contribution in [0.5, 0.6) is 0 Å². The van der Waals surface area contributed by atoms with Crippen LogP contribution in [0.3, 0.4) is 0 Å². The molecule has 0 saturated heterocycles. The van der Waals surface area contributed by atoms with Crippen LogP contribution in [0.1, 0.15) is 13.8 Å². The number of amides is 2. The van der Waals surface area contributed by atoms with Crippen LogP contribution in [0.4, 0.5) is 13.2 Å². The Balaban J connectivity index is 4.48. The van der Waals surface area contributed by atoms with Gasteiger partial charge in [0, 0.05) is 0 Å². The van der Waals surface area contributed by atoms with E-state index in [4.69, 9.17) is 5.73 Å². The lowest BCUT2D eigenvalue weighted by atomic mass is 10.0. The van der Waals surface area contributed by atoms with Crippen molar-refractivity contribution in [1.29, 1.82) is 0 Å².